The second-order valence-electron chi connectivity index (χ2n) is 4.18. The second-order valence-corrected chi connectivity index (χ2v) is 4.18. The summed E-state index contributed by atoms with van der Waals surface area (Å²) in [5, 5.41) is 0. The van der Waals surface area contributed by atoms with Gasteiger partial charge in [0.1, 0.15) is 5.82 Å². The van der Waals surface area contributed by atoms with Crippen molar-refractivity contribution in [2.24, 2.45) is 5.73 Å². The first-order valence-electron chi connectivity index (χ1n) is 6.14. The summed E-state index contributed by atoms with van der Waals surface area (Å²) in [6.07, 6.45) is 1.79. The molecule has 2 N–H and O–H groups in total. The monoisotopic (exact) mass is 253 g/mol. The van der Waals surface area contributed by atoms with Crippen LogP contribution in [-0.4, -0.2) is 45.5 Å². The molecule has 0 bridgehead atoms. The van der Waals surface area contributed by atoms with Gasteiger partial charge in [0.2, 0.25) is 0 Å². The molecule has 0 spiro atoms. The SMILES string of the molecule is COCCN(CCOC)c1ncccc1[C@H](C)N. The zero-order chi connectivity index (χ0) is 13.4. The summed E-state index contributed by atoms with van der Waals surface area (Å²) in [6, 6.07) is 3.88. The van der Waals surface area contributed by atoms with Crippen LogP contribution < -0.4 is 10.6 Å². The van der Waals surface area contributed by atoms with Gasteiger partial charge in [-0.05, 0) is 13.0 Å². The fraction of sp³-hybridized carbons (Fsp3) is 0.615. The van der Waals surface area contributed by atoms with Crippen molar-refractivity contribution in [1.29, 1.82) is 0 Å². The van der Waals surface area contributed by atoms with E-state index in [2.05, 4.69) is 9.88 Å². The molecule has 1 heterocycles. The first kappa shape index (κ1) is 14.9. The standard InChI is InChI=1S/C13H23N3O2/c1-11(14)12-5-4-6-15-13(12)16(7-9-17-2)8-10-18-3/h4-6,11H,7-10,14H2,1-3H3/t11-/m0/s1. The van der Waals surface area contributed by atoms with Gasteiger partial charge >= 0.3 is 0 Å². The van der Waals surface area contributed by atoms with E-state index < -0.39 is 0 Å². The number of aromatic nitrogens is 1. The number of methoxy groups -OCH3 is 2. The van der Waals surface area contributed by atoms with Crippen LogP contribution in [0.3, 0.4) is 0 Å². The first-order chi connectivity index (χ1) is 8.70. The Bertz CT molecular complexity index is 337. The molecule has 0 amide bonds. The third-order valence-electron chi connectivity index (χ3n) is 2.74. The van der Waals surface area contributed by atoms with Gasteiger partial charge in [0.05, 0.1) is 13.2 Å². The highest BCUT2D eigenvalue weighted by molar-refractivity contribution is 5.48. The molecule has 5 heteroatoms. The highest BCUT2D eigenvalue weighted by Gasteiger charge is 2.14. The average molecular weight is 253 g/mol. The summed E-state index contributed by atoms with van der Waals surface area (Å²) >= 11 is 0. The van der Waals surface area contributed by atoms with Crippen molar-refractivity contribution in [2.75, 3.05) is 45.4 Å². The van der Waals surface area contributed by atoms with E-state index in [0.717, 1.165) is 24.5 Å². The highest BCUT2D eigenvalue weighted by atomic mass is 16.5. The molecule has 0 fully saturated rings. The topological polar surface area (TPSA) is 60.6 Å². The molecular formula is C13H23N3O2. The predicted octanol–water partition coefficient (Wildman–Crippen LogP) is 1.20. The molecule has 0 aliphatic heterocycles. The summed E-state index contributed by atoms with van der Waals surface area (Å²) in [7, 11) is 3.39. The van der Waals surface area contributed by atoms with E-state index in [1.807, 2.05) is 19.1 Å². The Morgan fingerprint density at radius 1 is 1.28 bits per heavy atom. The zero-order valence-electron chi connectivity index (χ0n) is 11.4. The lowest BCUT2D eigenvalue weighted by Gasteiger charge is -2.26. The molecule has 18 heavy (non-hydrogen) atoms. The van der Waals surface area contributed by atoms with E-state index in [-0.39, 0.29) is 6.04 Å². The molecule has 0 radical (unpaired) electrons. The van der Waals surface area contributed by atoms with Gasteiger partial charge in [0.25, 0.3) is 0 Å². The van der Waals surface area contributed by atoms with E-state index in [4.69, 9.17) is 15.2 Å². The average Bonchev–Trinajstić information content (AvgIpc) is 2.39. The van der Waals surface area contributed by atoms with Crippen molar-refractivity contribution < 1.29 is 9.47 Å². The molecule has 1 rings (SSSR count). The fourth-order valence-electron chi connectivity index (χ4n) is 1.76. The van der Waals surface area contributed by atoms with Crippen LogP contribution in [-0.2, 0) is 9.47 Å². The minimum atomic E-state index is -0.0405. The van der Waals surface area contributed by atoms with Crippen molar-refractivity contribution in [3.8, 4) is 0 Å². The molecular weight excluding hydrogens is 230 g/mol. The minimum Gasteiger partial charge on any atom is -0.383 e. The summed E-state index contributed by atoms with van der Waals surface area (Å²) in [6.45, 7) is 4.82. The van der Waals surface area contributed by atoms with Crippen LogP contribution in [0.2, 0.25) is 0 Å². The zero-order valence-corrected chi connectivity index (χ0v) is 11.4. The summed E-state index contributed by atoms with van der Waals surface area (Å²) in [5.41, 5.74) is 7.03. The Hall–Kier alpha value is -1.17. The van der Waals surface area contributed by atoms with Crippen molar-refractivity contribution in [1.82, 2.24) is 4.98 Å². The maximum absolute atomic E-state index is 5.98. The third kappa shape index (κ3) is 4.25. The molecule has 0 saturated carbocycles. The quantitative estimate of drug-likeness (QED) is 0.754. The molecule has 1 aromatic heterocycles. The summed E-state index contributed by atoms with van der Waals surface area (Å²) in [5.74, 6) is 0.918. The van der Waals surface area contributed by atoms with Crippen molar-refractivity contribution in [2.45, 2.75) is 13.0 Å². The molecule has 0 unspecified atom stereocenters. The van der Waals surface area contributed by atoms with E-state index in [0.29, 0.717) is 13.2 Å². The van der Waals surface area contributed by atoms with Gasteiger partial charge in [0.15, 0.2) is 0 Å². The van der Waals surface area contributed by atoms with E-state index in [1.54, 1.807) is 20.4 Å². The van der Waals surface area contributed by atoms with Crippen LogP contribution in [0.4, 0.5) is 5.82 Å². The number of nitrogens with zero attached hydrogens (tertiary/aromatic N) is 2. The molecule has 1 aromatic rings. The maximum Gasteiger partial charge on any atom is 0.133 e. The highest BCUT2D eigenvalue weighted by Crippen LogP contribution is 2.21. The molecule has 0 aromatic carbocycles. The number of anilines is 1. The lowest BCUT2D eigenvalue weighted by Crippen LogP contribution is -2.32. The Labute approximate surface area is 109 Å². The number of rotatable bonds is 8. The van der Waals surface area contributed by atoms with Gasteiger partial charge in [-0.1, -0.05) is 6.07 Å². The van der Waals surface area contributed by atoms with E-state index in [9.17, 15) is 0 Å². The van der Waals surface area contributed by atoms with Crippen LogP contribution in [0.15, 0.2) is 18.3 Å². The Balaban J connectivity index is 2.88. The lowest BCUT2D eigenvalue weighted by atomic mass is 10.1. The number of ether oxygens (including phenoxy) is 2. The predicted molar refractivity (Wildman–Crippen MR) is 72.8 cm³/mol. The largest absolute Gasteiger partial charge is 0.383 e. The number of nitrogens with two attached hydrogens (primary N) is 1. The Morgan fingerprint density at radius 3 is 2.39 bits per heavy atom. The first-order valence-corrected chi connectivity index (χ1v) is 6.14. The van der Waals surface area contributed by atoms with Crippen molar-refractivity contribution >= 4 is 5.82 Å². The third-order valence-corrected chi connectivity index (χ3v) is 2.74. The van der Waals surface area contributed by atoms with Crippen molar-refractivity contribution in [3.63, 3.8) is 0 Å². The normalized spacial score (nSPS) is 12.4. The Morgan fingerprint density at radius 2 is 1.89 bits per heavy atom. The van der Waals surface area contributed by atoms with Crippen LogP contribution in [0.5, 0.6) is 0 Å². The molecule has 0 aliphatic rings. The Kier molecular flexibility index (Phi) is 6.64. The van der Waals surface area contributed by atoms with Gasteiger partial charge in [-0.3, -0.25) is 0 Å². The fourth-order valence-corrected chi connectivity index (χ4v) is 1.76. The van der Waals surface area contributed by atoms with E-state index in [1.165, 1.54) is 0 Å². The van der Waals surface area contributed by atoms with Crippen LogP contribution in [0, 0.1) is 0 Å². The van der Waals surface area contributed by atoms with E-state index >= 15 is 0 Å². The van der Waals surface area contributed by atoms with Gasteiger partial charge in [-0.15, -0.1) is 0 Å². The van der Waals surface area contributed by atoms with Crippen LogP contribution in [0.1, 0.15) is 18.5 Å². The molecule has 102 valence electrons. The van der Waals surface area contributed by atoms with Gasteiger partial charge in [-0.2, -0.15) is 0 Å². The maximum atomic E-state index is 5.98. The van der Waals surface area contributed by atoms with Crippen molar-refractivity contribution in [3.05, 3.63) is 23.9 Å². The molecule has 0 saturated heterocycles. The second kappa shape index (κ2) is 8.02. The molecule has 5 nitrogen and oxygen atoms in total. The minimum absolute atomic E-state index is 0.0405. The van der Waals surface area contributed by atoms with Gasteiger partial charge in [0, 0.05) is 45.1 Å². The number of hydrogen-bond acceptors (Lipinski definition) is 5. The van der Waals surface area contributed by atoms with Crippen LogP contribution >= 0.6 is 0 Å². The van der Waals surface area contributed by atoms with Gasteiger partial charge < -0.3 is 20.1 Å². The lowest BCUT2D eigenvalue weighted by molar-refractivity contribution is 0.190. The number of hydrogen-bond donors (Lipinski definition) is 1. The summed E-state index contributed by atoms with van der Waals surface area (Å²) in [4.78, 5) is 6.59. The summed E-state index contributed by atoms with van der Waals surface area (Å²) < 4.78 is 10.3. The molecule has 1 atom stereocenters. The smallest absolute Gasteiger partial charge is 0.133 e. The van der Waals surface area contributed by atoms with Gasteiger partial charge in [-0.25, -0.2) is 4.98 Å². The molecule has 0 aliphatic carbocycles. The number of pyridine rings is 1. The van der Waals surface area contributed by atoms with Crippen LogP contribution in [0.25, 0.3) is 0 Å².